The zero-order chi connectivity index (χ0) is 21.7. The summed E-state index contributed by atoms with van der Waals surface area (Å²) in [7, 11) is 0. The molecule has 3 aromatic carbocycles. The molecule has 0 aliphatic heterocycles. The molecule has 4 nitrogen and oxygen atoms in total. The predicted molar refractivity (Wildman–Crippen MR) is 126 cm³/mol. The summed E-state index contributed by atoms with van der Waals surface area (Å²) in [6.07, 6.45) is 0. The third-order valence-corrected chi connectivity index (χ3v) is 5.68. The summed E-state index contributed by atoms with van der Waals surface area (Å²) in [6.45, 7) is 5.48. The Morgan fingerprint density at radius 3 is 2.40 bits per heavy atom. The molecule has 0 heterocycles. The van der Waals surface area contributed by atoms with Gasteiger partial charge in [0.05, 0.1) is 21.1 Å². The lowest BCUT2D eigenvalue weighted by molar-refractivity contribution is 0.267. The van der Waals surface area contributed by atoms with E-state index in [2.05, 4.69) is 40.3 Å². The molecule has 0 saturated heterocycles. The Balaban J connectivity index is 1.78. The smallest absolute Gasteiger partial charge is 0.175 e. The van der Waals surface area contributed by atoms with Crippen LogP contribution in [0.2, 0.25) is 10.0 Å². The topological polar surface area (TPSA) is 50.7 Å². The Morgan fingerprint density at radius 1 is 1.03 bits per heavy atom. The van der Waals surface area contributed by atoms with Crippen molar-refractivity contribution in [2.75, 3.05) is 11.9 Å². The molecule has 0 aliphatic rings. The number of phenols is 1. The average Bonchev–Trinajstić information content (AvgIpc) is 2.71. The van der Waals surface area contributed by atoms with Crippen molar-refractivity contribution in [3.05, 3.63) is 79.7 Å². The molecule has 0 aliphatic carbocycles. The number of aromatic hydroxyl groups is 1. The van der Waals surface area contributed by atoms with E-state index in [1.807, 2.05) is 31.2 Å². The fourth-order valence-corrected chi connectivity index (χ4v) is 4.01. The zero-order valence-electron chi connectivity index (χ0n) is 16.6. The Bertz CT molecular complexity index is 1020. The van der Waals surface area contributed by atoms with Crippen LogP contribution in [0.5, 0.6) is 17.2 Å². The SMILES string of the molecule is CCOc1cc(CNc2cc(Cl)c(O)c(Cl)c2)cc(Br)c1OCc1ccccc1C. The fraction of sp³-hybridized carbons (Fsp3) is 0.217. The van der Waals surface area contributed by atoms with E-state index in [9.17, 15) is 5.11 Å². The highest BCUT2D eigenvalue weighted by Gasteiger charge is 2.14. The predicted octanol–water partition coefficient (Wildman–Crippen LogP) is 7.36. The second-order valence-electron chi connectivity index (χ2n) is 6.70. The van der Waals surface area contributed by atoms with Gasteiger partial charge in [-0.15, -0.1) is 0 Å². The summed E-state index contributed by atoms with van der Waals surface area (Å²) in [5.74, 6) is 1.21. The van der Waals surface area contributed by atoms with Gasteiger partial charge >= 0.3 is 0 Å². The number of benzene rings is 3. The van der Waals surface area contributed by atoms with Gasteiger partial charge in [-0.1, -0.05) is 47.5 Å². The van der Waals surface area contributed by atoms with E-state index in [0.717, 1.165) is 15.6 Å². The summed E-state index contributed by atoms with van der Waals surface area (Å²) in [5, 5.41) is 13.3. The third kappa shape index (κ3) is 5.54. The molecule has 3 rings (SSSR count). The summed E-state index contributed by atoms with van der Waals surface area (Å²) in [6, 6.07) is 15.3. The monoisotopic (exact) mass is 509 g/mol. The van der Waals surface area contributed by atoms with E-state index in [-0.39, 0.29) is 15.8 Å². The van der Waals surface area contributed by atoms with E-state index in [4.69, 9.17) is 32.7 Å². The van der Waals surface area contributed by atoms with Crippen LogP contribution in [-0.2, 0) is 13.2 Å². The lowest BCUT2D eigenvalue weighted by Gasteiger charge is -2.17. The van der Waals surface area contributed by atoms with Crippen molar-refractivity contribution in [2.45, 2.75) is 27.0 Å². The minimum atomic E-state index is -0.125. The number of phenolic OH excluding ortho intramolecular Hbond substituents is 1. The molecular formula is C23H22BrCl2NO3. The number of ether oxygens (including phenoxy) is 2. The molecule has 0 unspecified atom stereocenters. The summed E-state index contributed by atoms with van der Waals surface area (Å²) < 4.78 is 12.7. The lowest BCUT2D eigenvalue weighted by Crippen LogP contribution is -2.04. The minimum Gasteiger partial charge on any atom is -0.505 e. The number of halogens is 3. The van der Waals surface area contributed by atoms with Crippen molar-refractivity contribution in [3.8, 4) is 17.2 Å². The van der Waals surface area contributed by atoms with Crippen molar-refractivity contribution in [3.63, 3.8) is 0 Å². The highest BCUT2D eigenvalue weighted by molar-refractivity contribution is 9.10. The van der Waals surface area contributed by atoms with Gasteiger partial charge in [0.2, 0.25) is 0 Å². The minimum absolute atomic E-state index is 0.125. The first kappa shape index (κ1) is 22.6. The Kier molecular flexibility index (Phi) is 7.75. The molecule has 30 heavy (non-hydrogen) atoms. The number of hydrogen-bond donors (Lipinski definition) is 2. The average molecular weight is 511 g/mol. The third-order valence-electron chi connectivity index (χ3n) is 4.52. The van der Waals surface area contributed by atoms with Crippen LogP contribution in [0, 0.1) is 6.92 Å². The van der Waals surface area contributed by atoms with Crippen molar-refractivity contribution < 1.29 is 14.6 Å². The van der Waals surface area contributed by atoms with Crippen LogP contribution in [0.15, 0.2) is 53.0 Å². The van der Waals surface area contributed by atoms with Gasteiger partial charge in [-0.05, 0) is 70.7 Å². The Morgan fingerprint density at radius 2 is 1.73 bits per heavy atom. The standard InChI is InChI=1S/C23H22BrCl2NO3/c1-3-29-21-9-15(12-27-17-10-19(25)22(28)20(26)11-17)8-18(24)23(21)30-13-16-7-5-4-6-14(16)2/h4-11,27-28H,3,12-13H2,1-2H3. The summed E-state index contributed by atoms with van der Waals surface area (Å²) in [4.78, 5) is 0. The molecule has 0 bridgehead atoms. The van der Waals surface area contributed by atoms with Gasteiger partial charge < -0.3 is 19.9 Å². The van der Waals surface area contributed by atoms with E-state index in [0.29, 0.717) is 36.9 Å². The van der Waals surface area contributed by atoms with Crippen LogP contribution in [0.4, 0.5) is 5.69 Å². The molecule has 0 spiro atoms. The maximum absolute atomic E-state index is 9.70. The van der Waals surface area contributed by atoms with Gasteiger partial charge in [0.1, 0.15) is 6.61 Å². The molecule has 2 N–H and O–H groups in total. The van der Waals surface area contributed by atoms with Gasteiger partial charge in [0.25, 0.3) is 0 Å². The van der Waals surface area contributed by atoms with Crippen LogP contribution in [0.25, 0.3) is 0 Å². The van der Waals surface area contributed by atoms with Gasteiger partial charge in [0.15, 0.2) is 17.2 Å². The Labute approximate surface area is 194 Å². The summed E-state index contributed by atoms with van der Waals surface area (Å²) >= 11 is 15.6. The molecule has 3 aromatic rings. The fourth-order valence-electron chi connectivity index (χ4n) is 2.92. The molecule has 0 amide bonds. The number of rotatable bonds is 8. The largest absolute Gasteiger partial charge is 0.505 e. The van der Waals surface area contributed by atoms with Crippen molar-refractivity contribution in [2.24, 2.45) is 0 Å². The van der Waals surface area contributed by atoms with Gasteiger partial charge in [0, 0.05) is 12.2 Å². The molecule has 158 valence electrons. The molecule has 0 atom stereocenters. The van der Waals surface area contributed by atoms with Gasteiger partial charge in [-0.2, -0.15) is 0 Å². The molecule has 0 aromatic heterocycles. The number of nitrogens with one attached hydrogen (secondary N) is 1. The van der Waals surface area contributed by atoms with E-state index in [1.54, 1.807) is 12.1 Å². The molecular weight excluding hydrogens is 489 g/mol. The molecule has 0 fully saturated rings. The quantitative estimate of drug-likeness (QED) is 0.311. The van der Waals surface area contributed by atoms with Gasteiger partial charge in [-0.3, -0.25) is 0 Å². The van der Waals surface area contributed by atoms with Crippen molar-refractivity contribution in [1.82, 2.24) is 0 Å². The van der Waals surface area contributed by atoms with E-state index >= 15 is 0 Å². The Hall–Kier alpha value is -2.08. The number of aryl methyl sites for hydroxylation is 1. The number of anilines is 1. The first-order chi connectivity index (χ1) is 14.4. The molecule has 0 radical (unpaired) electrons. The van der Waals surface area contributed by atoms with Crippen LogP contribution < -0.4 is 14.8 Å². The van der Waals surface area contributed by atoms with E-state index < -0.39 is 0 Å². The zero-order valence-corrected chi connectivity index (χ0v) is 19.7. The van der Waals surface area contributed by atoms with Crippen molar-refractivity contribution >= 4 is 44.8 Å². The summed E-state index contributed by atoms with van der Waals surface area (Å²) in [5.41, 5.74) is 3.99. The highest BCUT2D eigenvalue weighted by Crippen LogP contribution is 2.38. The second kappa shape index (κ2) is 10.3. The molecule has 7 heteroatoms. The highest BCUT2D eigenvalue weighted by atomic mass is 79.9. The second-order valence-corrected chi connectivity index (χ2v) is 8.36. The van der Waals surface area contributed by atoms with Crippen LogP contribution in [0.1, 0.15) is 23.6 Å². The number of hydrogen-bond acceptors (Lipinski definition) is 4. The van der Waals surface area contributed by atoms with Crippen LogP contribution in [-0.4, -0.2) is 11.7 Å². The maximum Gasteiger partial charge on any atom is 0.175 e. The van der Waals surface area contributed by atoms with Gasteiger partial charge in [-0.25, -0.2) is 0 Å². The lowest BCUT2D eigenvalue weighted by atomic mass is 10.1. The van der Waals surface area contributed by atoms with Crippen molar-refractivity contribution in [1.29, 1.82) is 0 Å². The van der Waals surface area contributed by atoms with E-state index in [1.165, 1.54) is 5.56 Å². The molecule has 0 saturated carbocycles. The first-order valence-electron chi connectivity index (χ1n) is 9.43. The maximum atomic E-state index is 9.70. The van der Waals surface area contributed by atoms with Crippen LogP contribution in [0.3, 0.4) is 0 Å². The first-order valence-corrected chi connectivity index (χ1v) is 11.0. The van der Waals surface area contributed by atoms with Crippen LogP contribution >= 0.6 is 39.1 Å². The normalized spacial score (nSPS) is 10.7.